The van der Waals surface area contributed by atoms with Gasteiger partial charge in [0, 0.05) is 28.0 Å². The smallest absolute Gasteiger partial charge is 0.220 e. The number of rotatable bonds is 7. The number of aromatic nitrogens is 2. The number of carbonyl (C=O) groups is 1. The molecule has 0 radical (unpaired) electrons. The molecule has 2 heterocycles. The third-order valence-corrected chi connectivity index (χ3v) is 6.03. The third-order valence-electron chi connectivity index (χ3n) is 4.28. The summed E-state index contributed by atoms with van der Waals surface area (Å²) in [6, 6.07) is 14.2. The molecule has 0 spiro atoms. The molecule has 3 aromatic rings. The highest BCUT2D eigenvalue weighted by molar-refractivity contribution is 9.10. The summed E-state index contributed by atoms with van der Waals surface area (Å²) in [5.74, 6) is 0.0591. The Labute approximate surface area is 166 Å². The number of amides is 1. The van der Waals surface area contributed by atoms with Crippen molar-refractivity contribution in [3.63, 3.8) is 0 Å². The molecule has 1 N–H and O–H groups in total. The zero-order chi connectivity index (χ0) is 18.5. The molecule has 136 valence electrons. The van der Waals surface area contributed by atoms with Gasteiger partial charge in [0.25, 0.3) is 0 Å². The molecule has 0 aliphatic rings. The van der Waals surface area contributed by atoms with Crippen LogP contribution in [-0.4, -0.2) is 22.2 Å². The molecule has 1 aromatic carbocycles. The number of halogens is 1. The average molecular weight is 432 g/mol. The molecule has 0 saturated carbocycles. The van der Waals surface area contributed by atoms with Crippen LogP contribution >= 0.6 is 27.3 Å². The van der Waals surface area contributed by atoms with E-state index in [-0.39, 0.29) is 11.9 Å². The van der Waals surface area contributed by atoms with Gasteiger partial charge in [-0.1, -0.05) is 40.2 Å². The van der Waals surface area contributed by atoms with Gasteiger partial charge in [-0.2, -0.15) is 5.10 Å². The largest absolute Gasteiger partial charge is 0.354 e. The Morgan fingerprint density at radius 2 is 2.08 bits per heavy atom. The predicted molar refractivity (Wildman–Crippen MR) is 110 cm³/mol. The fourth-order valence-corrected chi connectivity index (χ4v) is 4.29. The monoisotopic (exact) mass is 431 g/mol. The highest BCUT2D eigenvalue weighted by Crippen LogP contribution is 2.24. The van der Waals surface area contributed by atoms with Crippen LogP contribution in [0.3, 0.4) is 0 Å². The zero-order valence-electron chi connectivity index (χ0n) is 14.9. The topological polar surface area (TPSA) is 46.9 Å². The first-order chi connectivity index (χ1) is 12.5. The summed E-state index contributed by atoms with van der Waals surface area (Å²) >= 11 is 5.22. The van der Waals surface area contributed by atoms with Crippen LogP contribution in [0.1, 0.15) is 34.3 Å². The van der Waals surface area contributed by atoms with E-state index in [1.54, 1.807) is 11.3 Å². The number of benzene rings is 1. The van der Waals surface area contributed by atoms with Crippen molar-refractivity contribution in [3.05, 3.63) is 74.1 Å². The summed E-state index contributed by atoms with van der Waals surface area (Å²) in [5, 5.41) is 9.76. The minimum absolute atomic E-state index is 0.0242. The third kappa shape index (κ3) is 4.62. The van der Waals surface area contributed by atoms with Crippen LogP contribution < -0.4 is 5.32 Å². The SMILES string of the molecule is Cc1cc(C)n(C(CNC(=O)CCc2ccccc2Br)c2cccs2)n1. The van der Waals surface area contributed by atoms with Crippen LogP contribution in [0, 0.1) is 13.8 Å². The minimum atomic E-state index is 0.0242. The number of hydrogen-bond donors (Lipinski definition) is 1. The van der Waals surface area contributed by atoms with Crippen LogP contribution in [0.25, 0.3) is 0 Å². The standard InChI is InChI=1S/C20H22BrN3OS/c1-14-12-15(2)24(23-14)18(19-8-5-11-26-19)13-22-20(25)10-9-16-6-3-4-7-17(16)21/h3-8,11-12,18H,9-10,13H2,1-2H3,(H,22,25). The molecule has 1 amide bonds. The number of aryl methyl sites for hydroxylation is 3. The fourth-order valence-electron chi connectivity index (χ4n) is 3.00. The first-order valence-electron chi connectivity index (χ1n) is 8.61. The van der Waals surface area contributed by atoms with Crippen LogP contribution in [0.5, 0.6) is 0 Å². The summed E-state index contributed by atoms with van der Waals surface area (Å²) in [4.78, 5) is 13.6. The normalized spacial score (nSPS) is 12.1. The lowest BCUT2D eigenvalue weighted by atomic mass is 10.1. The molecule has 6 heteroatoms. The van der Waals surface area contributed by atoms with Crippen molar-refractivity contribution in [2.75, 3.05) is 6.54 Å². The Balaban J connectivity index is 1.64. The van der Waals surface area contributed by atoms with E-state index in [1.165, 1.54) is 4.88 Å². The van der Waals surface area contributed by atoms with Gasteiger partial charge in [-0.15, -0.1) is 11.3 Å². The molecule has 0 saturated heterocycles. The molecular formula is C20H22BrN3OS. The molecular weight excluding hydrogens is 410 g/mol. The Kier molecular flexibility index (Phi) is 6.27. The minimum Gasteiger partial charge on any atom is -0.354 e. The van der Waals surface area contributed by atoms with Gasteiger partial charge in [0.15, 0.2) is 0 Å². The summed E-state index contributed by atoms with van der Waals surface area (Å²) in [6.07, 6.45) is 1.19. The maximum Gasteiger partial charge on any atom is 0.220 e. The summed E-state index contributed by atoms with van der Waals surface area (Å²) < 4.78 is 3.06. The first kappa shape index (κ1) is 18.9. The molecule has 1 unspecified atom stereocenters. The predicted octanol–water partition coefficient (Wildman–Crippen LogP) is 4.66. The number of hydrogen-bond acceptors (Lipinski definition) is 3. The highest BCUT2D eigenvalue weighted by Gasteiger charge is 2.19. The van der Waals surface area contributed by atoms with Gasteiger partial charge < -0.3 is 5.32 Å². The maximum atomic E-state index is 12.4. The van der Waals surface area contributed by atoms with E-state index in [0.29, 0.717) is 13.0 Å². The van der Waals surface area contributed by atoms with E-state index in [0.717, 1.165) is 27.8 Å². The second-order valence-electron chi connectivity index (χ2n) is 6.30. The van der Waals surface area contributed by atoms with Gasteiger partial charge >= 0.3 is 0 Å². The lowest BCUT2D eigenvalue weighted by Gasteiger charge is -2.19. The molecule has 0 fully saturated rings. The van der Waals surface area contributed by atoms with E-state index in [2.05, 4.69) is 50.8 Å². The molecule has 0 aliphatic carbocycles. The quantitative estimate of drug-likeness (QED) is 0.590. The number of nitrogens with zero attached hydrogens (tertiary/aromatic N) is 2. The number of nitrogens with one attached hydrogen (secondary N) is 1. The van der Waals surface area contributed by atoms with Crippen molar-refractivity contribution >= 4 is 33.2 Å². The van der Waals surface area contributed by atoms with E-state index < -0.39 is 0 Å². The second kappa shape index (κ2) is 8.64. The summed E-state index contributed by atoms with van der Waals surface area (Å²) in [7, 11) is 0. The van der Waals surface area contributed by atoms with E-state index in [1.807, 2.05) is 41.9 Å². The molecule has 0 aliphatic heterocycles. The lowest BCUT2D eigenvalue weighted by Crippen LogP contribution is -2.32. The number of thiophene rings is 1. The fraction of sp³-hybridized carbons (Fsp3) is 0.300. The van der Waals surface area contributed by atoms with Crippen LogP contribution in [0.15, 0.2) is 52.3 Å². The van der Waals surface area contributed by atoms with E-state index >= 15 is 0 Å². The average Bonchev–Trinajstić information content (AvgIpc) is 3.25. The highest BCUT2D eigenvalue weighted by atomic mass is 79.9. The van der Waals surface area contributed by atoms with Gasteiger partial charge in [0.1, 0.15) is 6.04 Å². The Morgan fingerprint density at radius 3 is 2.73 bits per heavy atom. The maximum absolute atomic E-state index is 12.4. The van der Waals surface area contributed by atoms with Crippen LogP contribution in [0.4, 0.5) is 0 Å². The molecule has 2 aromatic heterocycles. The first-order valence-corrected chi connectivity index (χ1v) is 10.3. The van der Waals surface area contributed by atoms with Crippen molar-refractivity contribution in [3.8, 4) is 0 Å². The van der Waals surface area contributed by atoms with Crippen molar-refractivity contribution in [1.82, 2.24) is 15.1 Å². The Morgan fingerprint density at radius 1 is 1.27 bits per heavy atom. The van der Waals surface area contributed by atoms with Crippen LogP contribution in [0.2, 0.25) is 0 Å². The second-order valence-corrected chi connectivity index (χ2v) is 8.13. The molecule has 3 rings (SSSR count). The van der Waals surface area contributed by atoms with Gasteiger partial charge in [0.05, 0.1) is 5.69 Å². The summed E-state index contributed by atoms with van der Waals surface area (Å²) in [6.45, 7) is 4.58. The molecule has 26 heavy (non-hydrogen) atoms. The van der Waals surface area contributed by atoms with Crippen molar-refractivity contribution in [2.45, 2.75) is 32.7 Å². The van der Waals surface area contributed by atoms with Crippen LogP contribution in [-0.2, 0) is 11.2 Å². The zero-order valence-corrected chi connectivity index (χ0v) is 17.3. The van der Waals surface area contributed by atoms with Gasteiger partial charge in [-0.05, 0) is 49.4 Å². The van der Waals surface area contributed by atoms with Crippen molar-refractivity contribution in [1.29, 1.82) is 0 Å². The van der Waals surface area contributed by atoms with E-state index in [9.17, 15) is 4.79 Å². The molecule has 4 nitrogen and oxygen atoms in total. The van der Waals surface area contributed by atoms with Crippen molar-refractivity contribution in [2.24, 2.45) is 0 Å². The Bertz CT molecular complexity index is 873. The molecule has 1 atom stereocenters. The van der Waals surface area contributed by atoms with Gasteiger partial charge in [-0.3, -0.25) is 9.48 Å². The Hall–Kier alpha value is -1.92. The summed E-state index contributed by atoms with van der Waals surface area (Å²) in [5.41, 5.74) is 3.24. The van der Waals surface area contributed by atoms with Crippen molar-refractivity contribution < 1.29 is 4.79 Å². The van der Waals surface area contributed by atoms with E-state index in [4.69, 9.17) is 0 Å². The lowest BCUT2D eigenvalue weighted by molar-refractivity contribution is -0.121. The van der Waals surface area contributed by atoms with Gasteiger partial charge in [0.2, 0.25) is 5.91 Å². The molecule has 0 bridgehead atoms. The van der Waals surface area contributed by atoms with Gasteiger partial charge in [-0.25, -0.2) is 0 Å². The number of carbonyl (C=O) groups excluding carboxylic acids is 1.